The lowest BCUT2D eigenvalue weighted by molar-refractivity contribution is 0.405. The Morgan fingerprint density at radius 3 is 2.52 bits per heavy atom. The summed E-state index contributed by atoms with van der Waals surface area (Å²) in [6.45, 7) is 0. The van der Waals surface area contributed by atoms with Crippen LogP contribution in [0.1, 0.15) is 0 Å². The lowest BCUT2D eigenvalue weighted by atomic mass is 10.2. The van der Waals surface area contributed by atoms with Crippen LogP contribution in [0.2, 0.25) is 5.02 Å². The van der Waals surface area contributed by atoms with Crippen LogP contribution in [0.5, 0.6) is 5.75 Å². The molecule has 0 spiro atoms. The van der Waals surface area contributed by atoms with Crippen LogP contribution in [0.25, 0.3) is 22.4 Å². The van der Waals surface area contributed by atoms with Crippen molar-refractivity contribution in [3.05, 3.63) is 65.9 Å². The van der Waals surface area contributed by atoms with Crippen LogP contribution in [-0.4, -0.2) is 22.1 Å². The van der Waals surface area contributed by atoms with Gasteiger partial charge in [-0.3, -0.25) is 4.98 Å². The molecule has 4 nitrogen and oxygen atoms in total. The molecule has 0 saturated carbocycles. The lowest BCUT2D eigenvalue weighted by Crippen LogP contribution is -1.87. The summed E-state index contributed by atoms with van der Waals surface area (Å²) in [5.41, 5.74) is 2.81. The SMILES string of the molecule is COc1cc2[nH]c(-c3ccc(Cl)cc3)nc2cc1Sc1ccncc1. The third-order valence-corrected chi connectivity index (χ3v) is 5.06. The third kappa shape index (κ3) is 3.34. The second-order valence-electron chi connectivity index (χ2n) is 5.40. The molecule has 0 fully saturated rings. The smallest absolute Gasteiger partial charge is 0.138 e. The highest BCUT2D eigenvalue weighted by atomic mass is 35.5. The van der Waals surface area contributed by atoms with E-state index < -0.39 is 0 Å². The third-order valence-electron chi connectivity index (χ3n) is 3.76. The molecule has 4 rings (SSSR count). The number of imidazole rings is 1. The van der Waals surface area contributed by atoms with Crippen molar-refractivity contribution in [2.75, 3.05) is 7.11 Å². The fourth-order valence-corrected chi connectivity index (χ4v) is 3.59. The summed E-state index contributed by atoms with van der Waals surface area (Å²) in [7, 11) is 1.67. The van der Waals surface area contributed by atoms with Crippen LogP contribution in [0.3, 0.4) is 0 Å². The van der Waals surface area contributed by atoms with Gasteiger partial charge in [0.1, 0.15) is 11.6 Å². The molecule has 2 aromatic heterocycles. The van der Waals surface area contributed by atoms with E-state index in [1.54, 1.807) is 31.3 Å². The van der Waals surface area contributed by atoms with Gasteiger partial charge in [-0.25, -0.2) is 4.98 Å². The molecule has 0 radical (unpaired) electrons. The van der Waals surface area contributed by atoms with E-state index in [2.05, 4.69) is 9.97 Å². The number of hydrogen-bond donors (Lipinski definition) is 1. The average molecular weight is 368 g/mol. The highest BCUT2D eigenvalue weighted by Gasteiger charge is 2.12. The molecular weight excluding hydrogens is 354 g/mol. The Kier molecular flexibility index (Phi) is 4.34. The zero-order valence-corrected chi connectivity index (χ0v) is 14.9. The van der Waals surface area contributed by atoms with Gasteiger partial charge in [0.2, 0.25) is 0 Å². The van der Waals surface area contributed by atoms with Gasteiger partial charge < -0.3 is 9.72 Å². The van der Waals surface area contributed by atoms with Crippen LogP contribution in [0.4, 0.5) is 0 Å². The minimum Gasteiger partial charge on any atom is -0.495 e. The van der Waals surface area contributed by atoms with Gasteiger partial charge in [0, 0.05) is 33.9 Å². The van der Waals surface area contributed by atoms with Gasteiger partial charge in [0.25, 0.3) is 0 Å². The number of rotatable bonds is 4. The Labute approximate surface area is 154 Å². The number of H-pyrrole nitrogens is 1. The Balaban J connectivity index is 1.76. The number of halogens is 1. The summed E-state index contributed by atoms with van der Waals surface area (Å²) in [6, 6.07) is 15.6. The molecule has 0 bridgehead atoms. The average Bonchev–Trinajstić information content (AvgIpc) is 3.05. The molecule has 2 aromatic carbocycles. The second kappa shape index (κ2) is 6.78. The Morgan fingerprint density at radius 1 is 1.04 bits per heavy atom. The van der Waals surface area contributed by atoms with E-state index in [0.29, 0.717) is 5.02 Å². The van der Waals surface area contributed by atoms with E-state index >= 15 is 0 Å². The maximum Gasteiger partial charge on any atom is 0.138 e. The van der Waals surface area contributed by atoms with E-state index in [1.807, 2.05) is 48.5 Å². The molecule has 0 amide bonds. The molecule has 4 aromatic rings. The highest BCUT2D eigenvalue weighted by molar-refractivity contribution is 7.99. The van der Waals surface area contributed by atoms with E-state index in [0.717, 1.165) is 38.0 Å². The summed E-state index contributed by atoms with van der Waals surface area (Å²) < 4.78 is 5.55. The Bertz CT molecular complexity index is 1020. The van der Waals surface area contributed by atoms with Crippen molar-refractivity contribution in [3.8, 4) is 17.1 Å². The zero-order valence-electron chi connectivity index (χ0n) is 13.4. The van der Waals surface area contributed by atoms with Gasteiger partial charge in [-0.2, -0.15) is 0 Å². The summed E-state index contributed by atoms with van der Waals surface area (Å²) in [5, 5.41) is 0.706. The van der Waals surface area contributed by atoms with E-state index in [-0.39, 0.29) is 0 Å². The summed E-state index contributed by atoms with van der Waals surface area (Å²) in [5.74, 6) is 1.61. The van der Waals surface area contributed by atoms with Crippen molar-refractivity contribution in [3.63, 3.8) is 0 Å². The first kappa shape index (κ1) is 16.0. The topological polar surface area (TPSA) is 50.8 Å². The molecule has 1 N–H and O–H groups in total. The van der Waals surface area contributed by atoms with Gasteiger partial charge in [-0.15, -0.1) is 0 Å². The first-order valence-corrected chi connectivity index (χ1v) is 8.84. The van der Waals surface area contributed by atoms with Crippen LogP contribution in [-0.2, 0) is 0 Å². The largest absolute Gasteiger partial charge is 0.495 e. The molecule has 0 aliphatic heterocycles. The first-order chi connectivity index (χ1) is 12.2. The molecule has 0 atom stereocenters. The van der Waals surface area contributed by atoms with Crippen molar-refractivity contribution in [2.24, 2.45) is 0 Å². The predicted molar refractivity (Wildman–Crippen MR) is 101 cm³/mol. The molecular formula is C19H14ClN3OS. The van der Waals surface area contributed by atoms with E-state index in [1.165, 1.54) is 0 Å². The van der Waals surface area contributed by atoms with Gasteiger partial charge in [-0.1, -0.05) is 23.4 Å². The molecule has 0 unspecified atom stereocenters. The fourth-order valence-electron chi connectivity index (χ4n) is 2.53. The standard InChI is InChI=1S/C19H14ClN3OS/c1-24-17-10-15-16(11-18(17)25-14-6-8-21-9-7-14)23-19(22-15)12-2-4-13(20)5-3-12/h2-11H,1H3,(H,22,23). The summed E-state index contributed by atoms with van der Waals surface area (Å²) in [4.78, 5) is 14.2. The fraction of sp³-hybridized carbons (Fsp3) is 0.0526. The molecule has 124 valence electrons. The molecule has 2 heterocycles. The number of ether oxygens (including phenoxy) is 1. The van der Waals surface area contributed by atoms with Crippen molar-refractivity contribution >= 4 is 34.4 Å². The van der Waals surface area contributed by atoms with E-state index in [4.69, 9.17) is 21.3 Å². The maximum atomic E-state index is 5.96. The van der Waals surface area contributed by atoms with Crippen molar-refractivity contribution in [2.45, 2.75) is 9.79 Å². The van der Waals surface area contributed by atoms with Crippen LogP contribution >= 0.6 is 23.4 Å². The minimum absolute atomic E-state index is 0.706. The highest BCUT2D eigenvalue weighted by Crippen LogP contribution is 2.37. The van der Waals surface area contributed by atoms with Crippen molar-refractivity contribution < 1.29 is 4.74 Å². The van der Waals surface area contributed by atoms with Crippen molar-refractivity contribution in [1.29, 1.82) is 0 Å². The predicted octanol–water partition coefficient (Wildman–Crippen LogP) is 5.44. The van der Waals surface area contributed by atoms with Crippen LogP contribution < -0.4 is 4.74 Å². The monoisotopic (exact) mass is 367 g/mol. The molecule has 0 aliphatic carbocycles. The molecule has 0 saturated heterocycles. The zero-order chi connectivity index (χ0) is 17.2. The second-order valence-corrected chi connectivity index (χ2v) is 6.95. The number of nitrogens with one attached hydrogen (secondary N) is 1. The van der Waals surface area contributed by atoms with Gasteiger partial charge in [-0.05, 0) is 42.5 Å². The minimum atomic E-state index is 0.706. The number of fused-ring (bicyclic) bond motifs is 1. The number of methoxy groups -OCH3 is 1. The number of aromatic nitrogens is 3. The Hall–Kier alpha value is -2.50. The summed E-state index contributed by atoms with van der Waals surface area (Å²) in [6.07, 6.45) is 3.56. The molecule has 6 heteroatoms. The maximum absolute atomic E-state index is 5.96. The number of aromatic amines is 1. The first-order valence-electron chi connectivity index (χ1n) is 7.64. The quantitative estimate of drug-likeness (QED) is 0.522. The van der Waals surface area contributed by atoms with Gasteiger partial charge in [0.05, 0.1) is 23.0 Å². The van der Waals surface area contributed by atoms with Crippen molar-refractivity contribution in [1.82, 2.24) is 15.0 Å². The van der Waals surface area contributed by atoms with Gasteiger partial charge >= 0.3 is 0 Å². The number of benzene rings is 2. The Morgan fingerprint density at radius 2 is 1.80 bits per heavy atom. The van der Waals surface area contributed by atoms with Gasteiger partial charge in [0.15, 0.2) is 0 Å². The normalized spacial score (nSPS) is 11.0. The lowest BCUT2D eigenvalue weighted by Gasteiger charge is -2.07. The molecule has 0 aliphatic rings. The van der Waals surface area contributed by atoms with Crippen LogP contribution in [0, 0.1) is 0 Å². The summed E-state index contributed by atoms with van der Waals surface area (Å²) >= 11 is 7.59. The number of nitrogens with zero attached hydrogens (tertiary/aromatic N) is 2. The van der Waals surface area contributed by atoms with E-state index in [9.17, 15) is 0 Å². The molecule has 25 heavy (non-hydrogen) atoms. The number of hydrogen-bond acceptors (Lipinski definition) is 4. The number of pyridine rings is 1. The van der Waals surface area contributed by atoms with Crippen LogP contribution in [0.15, 0.2) is 70.7 Å².